The van der Waals surface area contributed by atoms with Crippen molar-refractivity contribution in [2.24, 2.45) is 0 Å². The van der Waals surface area contributed by atoms with E-state index in [2.05, 4.69) is 28.0 Å². The molecule has 2 aromatic rings. The first-order valence-corrected chi connectivity index (χ1v) is 9.13. The molecule has 5 nitrogen and oxygen atoms in total. The minimum atomic E-state index is 0.239. The first-order chi connectivity index (χ1) is 11.2. The molecule has 0 N–H and O–H groups in total. The number of hydrogen-bond donors (Lipinski definition) is 0. The van der Waals surface area contributed by atoms with Gasteiger partial charge in [-0.2, -0.15) is 0 Å². The van der Waals surface area contributed by atoms with E-state index in [0.717, 1.165) is 49.9 Å². The molecule has 0 saturated carbocycles. The van der Waals surface area contributed by atoms with Gasteiger partial charge in [-0.25, -0.2) is 4.98 Å². The average Bonchev–Trinajstić information content (AvgIpc) is 3.00. The zero-order chi connectivity index (χ0) is 16.2. The normalized spacial score (nSPS) is 16.0. The Hall–Kier alpha value is -1.66. The molecule has 1 saturated heterocycles. The standard InChI is InChI=1S/C17H24N4OS/c1-3-20(4-2)16(22)13-19-9-11-21(12-10-19)17-18-14-7-5-6-8-15(14)23-17/h5-8H,3-4,9-13H2,1-2H3. The second-order valence-electron chi connectivity index (χ2n) is 5.79. The number of likely N-dealkylation sites (N-methyl/N-ethyl adjacent to an activating group) is 1. The molecule has 0 aliphatic carbocycles. The van der Waals surface area contributed by atoms with E-state index in [9.17, 15) is 4.79 Å². The second kappa shape index (κ2) is 7.27. The highest BCUT2D eigenvalue weighted by Crippen LogP contribution is 2.29. The molecule has 1 aromatic carbocycles. The van der Waals surface area contributed by atoms with Crippen molar-refractivity contribution in [3.63, 3.8) is 0 Å². The number of aromatic nitrogens is 1. The van der Waals surface area contributed by atoms with Crippen LogP contribution < -0.4 is 4.90 Å². The largest absolute Gasteiger partial charge is 0.345 e. The van der Waals surface area contributed by atoms with Gasteiger partial charge in [0.05, 0.1) is 16.8 Å². The summed E-state index contributed by atoms with van der Waals surface area (Å²) < 4.78 is 1.24. The smallest absolute Gasteiger partial charge is 0.236 e. The third-order valence-corrected chi connectivity index (χ3v) is 5.50. The molecule has 1 fully saturated rings. The maximum atomic E-state index is 12.2. The molecule has 23 heavy (non-hydrogen) atoms. The first-order valence-electron chi connectivity index (χ1n) is 8.32. The number of thiazole rings is 1. The zero-order valence-electron chi connectivity index (χ0n) is 13.9. The number of benzene rings is 1. The van der Waals surface area contributed by atoms with Crippen LogP contribution in [0.2, 0.25) is 0 Å². The Morgan fingerprint density at radius 1 is 1.17 bits per heavy atom. The van der Waals surface area contributed by atoms with Gasteiger partial charge in [-0.05, 0) is 26.0 Å². The Morgan fingerprint density at radius 3 is 2.52 bits per heavy atom. The number of nitrogens with zero attached hydrogens (tertiary/aromatic N) is 4. The fourth-order valence-electron chi connectivity index (χ4n) is 2.96. The van der Waals surface area contributed by atoms with E-state index in [-0.39, 0.29) is 5.91 Å². The fraction of sp³-hybridized carbons (Fsp3) is 0.529. The molecule has 0 atom stereocenters. The van der Waals surface area contributed by atoms with Crippen molar-refractivity contribution >= 4 is 32.6 Å². The molecular formula is C17H24N4OS. The molecule has 2 heterocycles. The molecule has 124 valence electrons. The molecule has 0 bridgehead atoms. The molecule has 1 aliphatic rings. The summed E-state index contributed by atoms with van der Waals surface area (Å²) in [4.78, 5) is 23.4. The van der Waals surface area contributed by atoms with Crippen molar-refractivity contribution in [1.29, 1.82) is 0 Å². The van der Waals surface area contributed by atoms with E-state index in [1.807, 2.05) is 24.8 Å². The molecule has 3 rings (SSSR count). The monoisotopic (exact) mass is 332 g/mol. The number of rotatable bonds is 5. The average molecular weight is 332 g/mol. The van der Waals surface area contributed by atoms with E-state index in [4.69, 9.17) is 4.98 Å². The summed E-state index contributed by atoms with van der Waals surface area (Å²) >= 11 is 1.75. The number of carbonyl (C=O) groups excluding carboxylic acids is 1. The summed E-state index contributed by atoms with van der Waals surface area (Å²) in [6.45, 7) is 9.90. The van der Waals surface area contributed by atoms with Crippen LogP contribution in [0.4, 0.5) is 5.13 Å². The van der Waals surface area contributed by atoms with Crippen LogP contribution in [0.25, 0.3) is 10.2 Å². The van der Waals surface area contributed by atoms with Gasteiger partial charge in [0.25, 0.3) is 0 Å². The van der Waals surface area contributed by atoms with E-state index in [0.29, 0.717) is 6.54 Å². The van der Waals surface area contributed by atoms with Crippen LogP contribution in [0.1, 0.15) is 13.8 Å². The van der Waals surface area contributed by atoms with Crippen molar-refractivity contribution < 1.29 is 4.79 Å². The van der Waals surface area contributed by atoms with Crippen molar-refractivity contribution in [2.45, 2.75) is 13.8 Å². The minimum absolute atomic E-state index is 0.239. The predicted octanol–water partition coefficient (Wildman–Crippen LogP) is 2.29. The Kier molecular flexibility index (Phi) is 5.13. The van der Waals surface area contributed by atoms with E-state index < -0.39 is 0 Å². The molecule has 1 amide bonds. The predicted molar refractivity (Wildman–Crippen MR) is 96.2 cm³/mol. The number of para-hydroxylation sites is 1. The van der Waals surface area contributed by atoms with E-state index in [1.54, 1.807) is 11.3 Å². The summed E-state index contributed by atoms with van der Waals surface area (Å²) in [7, 11) is 0. The molecule has 6 heteroatoms. The van der Waals surface area contributed by atoms with Crippen molar-refractivity contribution in [3.8, 4) is 0 Å². The van der Waals surface area contributed by atoms with Crippen LogP contribution in [0, 0.1) is 0 Å². The SMILES string of the molecule is CCN(CC)C(=O)CN1CCN(c2nc3ccccc3s2)CC1. The molecule has 1 aromatic heterocycles. The Balaban J connectivity index is 1.57. The lowest BCUT2D eigenvalue weighted by Crippen LogP contribution is -2.50. The van der Waals surface area contributed by atoms with Gasteiger partial charge in [-0.1, -0.05) is 23.5 Å². The van der Waals surface area contributed by atoms with Gasteiger partial charge in [-0.3, -0.25) is 9.69 Å². The lowest BCUT2D eigenvalue weighted by molar-refractivity contribution is -0.132. The molecule has 1 aliphatic heterocycles. The number of piperazine rings is 1. The summed E-state index contributed by atoms with van der Waals surface area (Å²) in [6, 6.07) is 8.27. The van der Waals surface area contributed by atoms with Gasteiger partial charge in [0.15, 0.2) is 5.13 Å². The van der Waals surface area contributed by atoms with Crippen LogP contribution >= 0.6 is 11.3 Å². The number of fused-ring (bicyclic) bond motifs is 1. The van der Waals surface area contributed by atoms with Crippen LogP contribution in [0.3, 0.4) is 0 Å². The van der Waals surface area contributed by atoms with Gasteiger partial charge >= 0.3 is 0 Å². The Morgan fingerprint density at radius 2 is 1.87 bits per heavy atom. The van der Waals surface area contributed by atoms with Crippen molar-refractivity contribution in [1.82, 2.24) is 14.8 Å². The van der Waals surface area contributed by atoms with Gasteiger partial charge in [0.2, 0.25) is 5.91 Å². The molecule has 0 unspecified atom stereocenters. The third kappa shape index (κ3) is 3.64. The van der Waals surface area contributed by atoms with Gasteiger partial charge < -0.3 is 9.80 Å². The number of amides is 1. The molecule has 0 radical (unpaired) electrons. The van der Waals surface area contributed by atoms with E-state index >= 15 is 0 Å². The molecular weight excluding hydrogens is 308 g/mol. The topological polar surface area (TPSA) is 39.7 Å². The number of hydrogen-bond acceptors (Lipinski definition) is 5. The molecule has 0 spiro atoms. The second-order valence-corrected chi connectivity index (χ2v) is 6.80. The summed E-state index contributed by atoms with van der Waals surface area (Å²) in [5, 5.41) is 1.10. The maximum Gasteiger partial charge on any atom is 0.236 e. The van der Waals surface area contributed by atoms with E-state index in [1.165, 1.54) is 4.70 Å². The van der Waals surface area contributed by atoms with Crippen LogP contribution in [-0.2, 0) is 4.79 Å². The van der Waals surface area contributed by atoms with Gasteiger partial charge in [0.1, 0.15) is 0 Å². The van der Waals surface area contributed by atoms with Gasteiger partial charge in [-0.15, -0.1) is 0 Å². The highest BCUT2D eigenvalue weighted by atomic mass is 32.1. The maximum absolute atomic E-state index is 12.2. The fourth-order valence-corrected chi connectivity index (χ4v) is 3.98. The summed E-state index contributed by atoms with van der Waals surface area (Å²) in [5.74, 6) is 0.239. The lowest BCUT2D eigenvalue weighted by atomic mass is 10.3. The highest BCUT2D eigenvalue weighted by Gasteiger charge is 2.22. The quantitative estimate of drug-likeness (QED) is 0.842. The first kappa shape index (κ1) is 16.2. The number of anilines is 1. The summed E-state index contributed by atoms with van der Waals surface area (Å²) in [6.07, 6.45) is 0. The van der Waals surface area contributed by atoms with Crippen LogP contribution in [0.5, 0.6) is 0 Å². The Labute approximate surface area is 141 Å². The zero-order valence-corrected chi connectivity index (χ0v) is 14.7. The third-order valence-electron chi connectivity index (χ3n) is 4.40. The van der Waals surface area contributed by atoms with Crippen LogP contribution in [0.15, 0.2) is 24.3 Å². The van der Waals surface area contributed by atoms with Crippen molar-refractivity contribution in [3.05, 3.63) is 24.3 Å². The highest BCUT2D eigenvalue weighted by molar-refractivity contribution is 7.22. The Bertz CT molecular complexity index is 626. The van der Waals surface area contributed by atoms with Gasteiger partial charge in [0, 0.05) is 39.3 Å². The van der Waals surface area contributed by atoms with Crippen LogP contribution in [-0.4, -0.2) is 66.5 Å². The minimum Gasteiger partial charge on any atom is -0.345 e. The van der Waals surface area contributed by atoms with Crippen molar-refractivity contribution in [2.75, 3.05) is 50.7 Å². The summed E-state index contributed by atoms with van der Waals surface area (Å²) in [5.41, 5.74) is 1.08. The lowest BCUT2D eigenvalue weighted by Gasteiger charge is -2.35. The number of carbonyl (C=O) groups is 1.